The minimum Gasteiger partial charge on any atom is -0.357 e. The van der Waals surface area contributed by atoms with E-state index in [0.29, 0.717) is 16.1 Å². The first-order valence-electron chi connectivity index (χ1n) is 9.38. The van der Waals surface area contributed by atoms with Gasteiger partial charge in [0.1, 0.15) is 0 Å². The molecule has 0 spiro atoms. The highest BCUT2D eigenvalue weighted by Gasteiger charge is 2.33. The second kappa shape index (κ2) is 8.29. The van der Waals surface area contributed by atoms with Gasteiger partial charge in [0.15, 0.2) is 0 Å². The maximum Gasteiger partial charge on any atom is 0.0690 e. The van der Waals surface area contributed by atoms with E-state index in [1.807, 2.05) is 36.0 Å². The number of rotatable bonds is 3. The molecule has 1 nitrogen and oxygen atoms in total. The van der Waals surface area contributed by atoms with E-state index in [1.54, 1.807) is 0 Å². The SMILES string of the molecule is CC1CCC(N2CSC(c3ccc(Cl)cc3)=C2c2ccc(Cl)cc2Cl)CC1. The molecule has 1 aliphatic heterocycles. The van der Waals surface area contributed by atoms with E-state index in [2.05, 4.69) is 30.0 Å². The highest BCUT2D eigenvalue weighted by molar-refractivity contribution is 8.08. The molecule has 0 atom stereocenters. The molecule has 0 amide bonds. The van der Waals surface area contributed by atoms with Gasteiger partial charge in [0, 0.05) is 26.6 Å². The summed E-state index contributed by atoms with van der Waals surface area (Å²) >= 11 is 20.8. The molecule has 27 heavy (non-hydrogen) atoms. The van der Waals surface area contributed by atoms with Crippen molar-refractivity contribution in [3.63, 3.8) is 0 Å². The molecular formula is C22H22Cl3NS. The van der Waals surface area contributed by atoms with Crippen LogP contribution in [0.1, 0.15) is 43.7 Å². The third kappa shape index (κ3) is 4.15. The standard InChI is InChI=1S/C22H22Cl3NS/c1-14-2-9-18(10-3-14)26-13-27-22(15-4-6-16(23)7-5-15)21(26)19-11-8-17(24)12-20(19)25/h4-8,11-12,14,18H,2-3,9-10,13H2,1H3. The Morgan fingerprint density at radius 1 is 0.889 bits per heavy atom. The predicted molar refractivity (Wildman–Crippen MR) is 120 cm³/mol. The predicted octanol–water partition coefficient (Wildman–Crippen LogP) is 8.06. The van der Waals surface area contributed by atoms with Crippen LogP contribution >= 0.6 is 46.6 Å². The largest absolute Gasteiger partial charge is 0.357 e. The molecule has 2 aromatic rings. The third-order valence-electron chi connectivity index (χ3n) is 5.57. The van der Waals surface area contributed by atoms with Crippen LogP contribution < -0.4 is 0 Å². The number of hydrogen-bond acceptors (Lipinski definition) is 2. The fraction of sp³-hybridized carbons (Fsp3) is 0.364. The zero-order chi connectivity index (χ0) is 19.0. The first kappa shape index (κ1) is 19.5. The van der Waals surface area contributed by atoms with E-state index in [0.717, 1.165) is 22.4 Å². The highest BCUT2D eigenvalue weighted by atomic mass is 35.5. The maximum atomic E-state index is 6.64. The molecule has 1 fully saturated rings. The molecule has 0 saturated heterocycles. The minimum atomic E-state index is 0.570. The van der Waals surface area contributed by atoms with E-state index < -0.39 is 0 Å². The van der Waals surface area contributed by atoms with Crippen LogP contribution in [0.4, 0.5) is 0 Å². The van der Waals surface area contributed by atoms with Crippen molar-refractivity contribution in [3.05, 3.63) is 68.7 Å². The van der Waals surface area contributed by atoms with Crippen LogP contribution in [0.25, 0.3) is 10.6 Å². The van der Waals surface area contributed by atoms with Gasteiger partial charge in [-0.15, -0.1) is 11.8 Å². The Kier molecular flexibility index (Phi) is 5.99. The zero-order valence-electron chi connectivity index (χ0n) is 15.2. The molecule has 1 heterocycles. The Labute approximate surface area is 180 Å². The smallest absolute Gasteiger partial charge is 0.0690 e. The molecule has 1 saturated carbocycles. The lowest BCUT2D eigenvalue weighted by molar-refractivity contribution is 0.226. The molecule has 1 aliphatic carbocycles. The zero-order valence-corrected chi connectivity index (χ0v) is 18.3. The Morgan fingerprint density at radius 2 is 1.56 bits per heavy atom. The van der Waals surface area contributed by atoms with Crippen molar-refractivity contribution in [2.24, 2.45) is 5.92 Å². The Hall–Kier alpha value is -0.800. The average molecular weight is 439 g/mol. The van der Waals surface area contributed by atoms with Crippen molar-refractivity contribution in [1.82, 2.24) is 4.90 Å². The fourth-order valence-corrected chi connectivity index (χ4v) is 5.92. The van der Waals surface area contributed by atoms with Crippen molar-refractivity contribution in [1.29, 1.82) is 0 Å². The number of nitrogens with zero attached hydrogens (tertiary/aromatic N) is 1. The van der Waals surface area contributed by atoms with Crippen molar-refractivity contribution in [3.8, 4) is 0 Å². The van der Waals surface area contributed by atoms with Crippen LogP contribution in [0.15, 0.2) is 42.5 Å². The molecule has 0 radical (unpaired) electrons. The van der Waals surface area contributed by atoms with Crippen LogP contribution in [0, 0.1) is 5.92 Å². The van der Waals surface area contributed by atoms with Gasteiger partial charge in [-0.3, -0.25) is 0 Å². The van der Waals surface area contributed by atoms with E-state index in [-0.39, 0.29) is 0 Å². The van der Waals surface area contributed by atoms with Gasteiger partial charge < -0.3 is 4.90 Å². The topological polar surface area (TPSA) is 3.24 Å². The van der Waals surface area contributed by atoms with Crippen molar-refractivity contribution in [2.45, 2.75) is 38.6 Å². The van der Waals surface area contributed by atoms with Gasteiger partial charge in [0.05, 0.1) is 16.6 Å². The van der Waals surface area contributed by atoms with Crippen LogP contribution in [0.5, 0.6) is 0 Å². The summed E-state index contributed by atoms with van der Waals surface area (Å²) in [7, 11) is 0. The van der Waals surface area contributed by atoms with Gasteiger partial charge in [-0.05, 0) is 67.5 Å². The first-order valence-corrected chi connectivity index (χ1v) is 11.5. The van der Waals surface area contributed by atoms with E-state index in [4.69, 9.17) is 34.8 Å². The summed E-state index contributed by atoms with van der Waals surface area (Å²) in [4.78, 5) is 3.84. The fourth-order valence-electron chi connectivity index (χ4n) is 4.02. The molecule has 0 N–H and O–H groups in total. The van der Waals surface area contributed by atoms with Crippen molar-refractivity contribution >= 4 is 57.2 Å². The number of halogens is 3. The lowest BCUT2D eigenvalue weighted by atomic mass is 9.86. The summed E-state index contributed by atoms with van der Waals surface area (Å²) in [6.45, 7) is 2.36. The van der Waals surface area contributed by atoms with Crippen molar-refractivity contribution in [2.75, 3.05) is 5.88 Å². The molecule has 2 aliphatic rings. The van der Waals surface area contributed by atoms with E-state index in [9.17, 15) is 0 Å². The van der Waals surface area contributed by atoms with Gasteiger partial charge >= 0.3 is 0 Å². The monoisotopic (exact) mass is 437 g/mol. The van der Waals surface area contributed by atoms with E-state index in [1.165, 1.54) is 41.8 Å². The molecule has 4 rings (SSSR count). The third-order valence-corrected chi connectivity index (χ3v) is 7.49. The number of thioether (sulfide) groups is 1. The second-order valence-corrected chi connectivity index (χ2v) is 9.70. The molecule has 5 heteroatoms. The molecule has 0 aromatic heterocycles. The minimum absolute atomic E-state index is 0.570. The molecule has 142 valence electrons. The van der Waals surface area contributed by atoms with Crippen molar-refractivity contribution < 1.29 is 0 Å². The van der Waals surface area contributed by atoms with Gasteiger partial charge in [0.2, 0.25) is 0 Å². The van der Waals surface area contributed by atoms with Crippen LogP contribution in [0.2, 0.25) is 15.1 Å². The van der Waals surface area contributed by atoms with Gasteiger partial charge in [-0.25, -0.2) is 0 Å². The quantitative estimate of drug-likeness (QED) is 0.476. The molecular weight excluding hydrogens is 417 g/mol. The second-order valence-electron chi connectivity index (χ2n) is 7.47. The maximum absolute atomic E-state index is 6.64. The van der Waals surface area contributed by atoms with Gasteiger partial charge in [0.25, 0.3) is 0 Å². The Bertz CT molecular complexity index is 854. The summed E-state index contributed by atoms with van der Waals surface area (Å²) in [5.74, 6) is 1.80. The lowest BCUT2D eigenvalue weighted by Crippen LogP contribution is -2.34. The molecule has 0 bridgehead atoms. The van der Waals surface area contributed by atoms with Gasteiger partial charge in [-0.2, -0.15) is 0 Å². The summed E-state index contributed by atoms with van der Waals surface area (Å²) in [5, 5.41) is 2.13. The summed E-state index contributed by atoms with van der Waals surface area (Å²) in [6, 6.07) is 14.5. The first-order chi connectivity index (χ1) is 13.0. The Balaban J connectivity index is 1.79. The average Bonchev–Trinajstić information content (AvgIpc) is 3.08. The van der Waals surface area contributed by atoms with E-state index >= 15 is 0 Å². The van der Waals surface area contributed by atoms with Crippen LogP contribution in [-0.2, 0) is 0 Å². The van der Waals surface area contributed by atoms with Crippen LogP contribution in [-0.4, -0.2) is 16.8 Å². The lowest BCUT2D eigenvalue weighted by Gasteiger charge is -2.36. The van der Waals surface area contributed by atoms with Crippen LogP contribution in [0.3, 0.4) is 0 Å². The molecule has 0 unspecified atom stereocenters. The van der Waals surface area contributed by atoms with Gasteiger partial charge in [-0.1, -0.05) is 53.9 Å². The highest BCUT2D eigenvalue weighted by Crippen LogP contribution is 2.48. The summed E-state index contributed by atoms with van der Waals surface area (Å²) in [5.41, 5.74) is 3.50. The molecule has 2 aromatic carbocycles. The Morgan fingerprint density at radius 3 is 2.22 bits per heavy atom. The number of hydrogen-bond donors (Lipinski definition) is 0. The number of benzene rings is 2. The summed E-state index contributed by atoms with van der Waals surface area (Å²) < 4.78 is 0. The summed E-state index contributed by atoms with van der Waals surface area (Å²) in [6.07, 6.45) is 5.07. The normalized spacial score (nSPS) is 23.2.